The highest BCUT2D eigenvalue weighted by Gasteiger charge is 2.42. The van der Waals surface area contributed by atoms with Gasteiger partial charge in [-0.05, 0) is 12.1 Å². The molecule has 3 rings (SSSR count). The summed E-state index contributed by atoms with van der Waals surface area (Å²) in [5.74, 6) is -9.95. The van der Waals surface area contributed by atoms with Gasteiger partial charge in [-0.1, -0.05) is 6.07 Å². The molecule has 1 aromatic heterocycles. The number of fused-ring (bicyclic) bond motifs is 1. The third kappa shape index (κ3) is 1.96. The van der Waals surface area contributed by atoms with Crippen molar-refractivity contribution in [2.45, 2.75) is 0 Å². The van der Waals surface area contributed by atoms with Crippen LogP contribution < -0.4 is 10.2 Å². The third-order valence-corrected chi connectivity index (χ3v) is 3.38. The van der Waals surface area contributed by atoms with Crippen molar-refractivity contribution in [3.05, 3.63) is 52.9 Å². The van der Waals surface area contributed by atoms with E-state index in [0.717, 1.165) is 0 Å². The summed E-state index contributed by atoms with van der Waals surface area (Å²) in [6.45, 7) is 0. The minimum atomic E-state index is -1.95. The number of halogens is 4. The maximum atomic E-state index is 13.8. The maximum Gasteiger partial charge on any atom is 0.268 e. The van der Waals surface area contributed by atoms with Crippen molar-refractivity contribution in [2.75, 3.05) is 17.3 Å². The minimum Gasteiger partial charge on any atom is -0.387 e. The fourth-order valence-electron chi connectivity index (χ4n) is 2.37. The molecular weight excluding hydrogens is 318 g/mol. The van der Waals surface area contributed by atoms with Crippen LogP contribution in [0.4, 0.5) is 28.9 Å². The van der Waals surface area contributed by atoms with Gasteiger partial charge in [0.05, 0.1) is 11.1 Å². The first-order valence-electron chi connectivity index (χ1n) is 6.28. The molecule has 1 aliphatic rings. The Morgan fingerprint density at radius 3 is 2.17 bits per heavy atom. The molecule has 0 saturated carbocycles. The van der Waals surface area contributed by atoms with Gasteiger partial charge in [-0.2, -0.15) is 22.5 Å². The van der Waals surface area contributed by atoms with Gasteiger partial charge in [0.1, 0.15) is 5.69 Å². The molecule has 0 bridgehead atoms. The Kier molecular flexibility index (Phi) is 3.28. The first-order chi connectivity index (χ1) is 10.9. The normalized spacial score (nSPS) is 13.5. The van der Waals surface area contributed by atoms with E-state index in [1.165, 1.54) is 25.2 Å². The van der Waals surface area contributed by atoms with Crippen molar-refractivity contribution >= 4 is 23.2 Å². The summed E-state index contributed by atoms with van der Waals surface area (Å²) in [6, 6.07) is 4.17. The summed E-state index contributed by atoms with van der Waals surface area (Å²) in [5, 5.41) is 2.65. The predicted octanol–water partition coefficient (Wildman–Crippen LogP) is 2.48. The predicted molar refractivity (Wildman–Crippen MR) is 71.2 cm³/mol. The number of nitrogens with one attached hydrogen (secondary N) is 1. The topological polar surface area (TPSA) is 62.3 Å². The van der Waals surface area contributed by atoms with E-state index in [-0.39, 0.29) is 21.7 Å². The van der Waals surface area contributed by atoms with Crippen molar-refractivity contribution < 1.29 is 27.2 Å². The molecule has 2 heterocycles. The molecule has 0 fully saturated rings. The molecule has 0 aliphatic carbocycles. The molecular formula is C14H7F4N3O2. The van der Waals surface area contributed by atoms with Crippen molar-refractivity contribution in [3.63, 3.8) is 0 Å². The summed E-state index contributed by atoms with van der Waals surface area (Å²) in [4.78, 5) is 27.1. The number of pyridine rings is 1. The number of benzene rings is 1. The van der Waals surface area contributed by atoms with E-state index >= 15 is 0 Å². The lowest BCUT2D eigenvalue weighted by Crippen LogP contribution is -2.32. The molecule has 5 nitrogen and oxygen atoms in total. The van der Waals surface area contributed by atoms with Crippen molar-refractivity contribution in [1.82, 2.24) is 4.98 Å². The summed E-state index contributed by atoms with van der Waals surface area (Å²) in [7, 11) is 1.48. The number of aromatic nitrogens is 1. The molecule has 0 spiro atoms. The first kappa shape index (κ1) is 14.9. The van der Waals surface area contributed by atoms with Crippen LogP contribution in [0.2, 0.25) is 0 Å². The van der Waals surface area contributed by atoms with Crippen LogP contribution in [0.5, 0.6) is 0 Å². The van der Waals surface area contributed by atoms with Crippen LogP contribution in [0.15, 0.2) is 18.2 Å². The van der Waals surface area contributed by atoms with Crippen LogP contribution in [0, 0.1) is 23.5 Å². The summed E-state index contributed by atoms with van der Waals surface area (Å²) in [6.07, 6.45) is 0. The second-order valence-electron chi connectivity index (χ2n) is 4.59. The number of hydrogen-bond acceptors (Lipinski definition) is 4. The van der Waals surface area contributed by atoms with Crippen LogP contribution in [-0.2, 0) is 0 Å². The average Bonchev–Trinajstić information content (AvgIpc) is 2.78. The van der Waals surface area contributed by atoms with Gasteiger partial charge in [-0.3, -0.25) is 9.59 Å². The number of hydrogen-bond donors (Lipinski definition) is 1. The molecule has 0 radical (unpaired) electrons. The maximum absolute atomic E-state index is 13.8. The quantitative estimate of drug-likeness (QED) is 0.523. The van der Waals surface area contributed by atoms with Gasteiger partial charge in [0, 0.05) is 12.7 Å². The van der Waals surface area contributed by atoms with Crippen LogP contribution in [0.1, 0.15) is 20.7 Å². The lowest BCUT2D eigenvalue weighted by Gasteiger charge is -2.15. The zero-order valence-corrected chi connectivity index (χ0v) is 11.5. The van der Waals surface area contributed by atoms with E-state index in [1.54, 1.807) is 0 Å². The Morgan fingerprint density at radius 2 is 1.61 bits per heavy atom. The van der Waals surface area contributed by atoms with Gasteiger partial charge in [0.15, 0.2) is 0 Å². The summed E-state index contributed by atoms with van der Waals surface area (Å²) in [5.41, 5.74) is -1.47. The number of imide groups is 1. The lowest BCUT2D eigenvalue weighted by molar-refractivity contribution is 0.0923. The summed E-state index contributed by atoms with van der Waals surface area (Å²) < 4.78 is 54.2. The Bertz CT molecular complexity index is 843. The van der Waals surface area contributed by atoms with E-state index in [4.69, 9.17) is 0 Å². The van der Waals surface area contributed by atoms with E-state index in [0.29, 0.717) is 0 Å². The molecule has 2 aromatic rings. The Morgan fingerprint density at radius 1 is 1.00 bits per heavy atom. The third-order valence-electron chi connectivity index (χ3n) is 3.38. The van der Waals surface area contributed by atoms with E-state index in [2.05, 4.69) is 10.3 Å². The fourth-order valence-corrected chi connectivity index (χ4v) is 2.37. The van der Waals surface area contributed by atoms with Crippen molar-refractivity contribution in [3.8, 4) is 0 Å². The second-order valence-corrected chi connectivity index (χ2v) is 4.59. The number of anilines is 2. The first-order valence-corrected chi connectivity index (χ1v) is 6.28. The number of carbonyl (C=O) groups excluding carboxylic acids is 2. The van der Waals surface area contributed by atoms with Crippen LogP contribution in [0.25, 0.3) is 0 Å². The van der Waals surface area contributed by atoms with Gasteiger partial charge in [-0.25, -0.2) is 4.90 Å². The highest BCUT2D eigenvalue weighted by molar-refractivity contribution is 6.36. The van der Waals surface area contributed by atoms with E-state index in [1.807, 2.05) is 0 Å². The standard InChI is InChI=1S/C14H7F4N3O2/c1-19-6-4-2-3-5-7(6)14(23)21(13(5)22)10-8(15)11(17)20-12(18)9(10)16/h2-4,19H,1H3. The monoisotopic (exact) mass is 325 g/mol. The molecule has 0 unspecified atom stereocenters. The Hall–Kier alpha value is -2.97. The van der Waals surface area contributed by atoms with Crippen LogP contribution in [0.3, 0.4) is 0 Å². The summed E-state index contributed by atoms with van der Waals surface area (Å²) >= 11 is 0. The van der Waals surface area contributed by atoms with Gasteiger partial charge >= 0.3 is 0 Å². The van der Waals surface area contributed by atoms with Crippen LogP contribution in [-0.4, -0.2) is 23.8 Å². The lowest BCUT2D eigenvalue weighted by atomic mass is 10.1. The largest absolute Gasteiger partial charge is 0.387 e. The van der Waals surface area contributed by atoms with Gasteiger partial charge in [0.25, 0.3) is 23.7 Å². The molecule has 1 N–H and O–H groups in total. The molecule has 1 aliphatic heterocycles. The SMILES string of the molecule is CNc1cccc2c1C(=O)N(c1c(F)c(F)nc(F)c1F)C2=O. The molecule has 118 valence electrons. The molecule has 0 atom stereocenters. The molecule has 1 aromatic carbocycles. The van der Waals surface area contributed by atoms with E-state index in [9.17, 15) is 27.2 Å². The Labute approximate surface area is 126 Å². The number of carbonyl (C=O) groups is 2. The van der Waals surface area contributed by atoms with Crippen molar-refractivity contribution in [1.29, 1.82) is 0 Å². The van der Waals surface area contributed by atoms with Crippen LogP contribution >= 0.6 is 0 Å². The zero-order chi connectivity index (χ0) is 16.9. The zero-order valence-electron chi connectivity index (χ0n) is 11.5. The highest BCUT2D eigenvalue weighted by Crippen LogP contribution is 2.36. The van der Waals surface area contributed by atoms with Gasteiger partial charge in [0.2, 0.25) is 11.6 Å². The fraction of sp³-hybridized carbons (Fsp3) is 0.0714. The number of nitrogens with zero attached hydrogens (tertiary/aromatic N) is 2. The molecule has 2 amide bonds. The van der Waals surface area contributed by atoms with Gasteiger partial charge in [-0.15, -0.1) is 0 Å². The highest BCUT2D eigenvalue weighted by atomic mass is 19.2. The number of amides is 2. The smallest absolute Gasteiger partial charge is 0.268 e. The molecule has 23 heavy (non-hydrogen) atoms. The minimum absolute atomic E-state index is 0.0595. The second kappa shape index (κ2) is 5.04. The van der Waals surface area contributed by atoms with E-state index < -0.39 is 41.0 Å². The molecule has 0 saturated heterocycles. The Balaban J connectivity index is 2.26. The molecule has 9 heteroatoms. The average molecular weight is 325 g/mol. The van der Waals surface area contributed by atoms with Gasteiger partial charge < -0.3 is 5.32 Å². The number of rotatable bonds is 2. The van der Waals surface area contributed by atoms with Crippen molar-refractivity contribution in [2.24, 2.45) is 0 Å².